The van der Waals surface area contributed by atoms with E-state index in [9.17, 15) is 4.79 Å². The molecule has 2 rings (SSSR count). The number of esters is 1. The van der Waals surface area contributed by atoms with Crippen LogP contribution in [0.5, 0.6) is 11.5 Å². The quantitative estimate of drug-likeness (QED) is 0.187. The van der Waals surface area contributed by atoms with Gasteiger partial charge in [-0.05, 0) is 68.1 Å². The van der Waals surface area contributed by atoms with E-state index in [-0.39, 0.29) is 11.2 Å². The Bertz CT molecular complexity index is 701. The fourth-order valence-corrected chi connectivity index (χ4v) is 3.84. The molecular formula is C22H28O4S2. The van der Waals surface area contributed by atoms with Crippen molar-refractivity contribution in [2.24, 2.45) is 0 Å². The SMILES string of the molecule is CCOC(=O)C(CC)Sc1ccc(OCCCc2ccc(OSC)cc2)cc1. The van der Waals surface area contributed by atoms with Gasteiger partial charge in [0, 0.05) is 11.2 Å². The summed E-state index contributed by atoms with van der Waals surface area (Å²) >= 11 is 2.88. The first-order chi connectivity index (χ1) is 13.7. The van der Waals surface area contributed by atoms with E-state index in [1.54, 1.807) is 0 Å². The predicted molar refractivity (Wildman–Crippen MR) is 117 cm³/mol. The van der Waals surface area contributed by atoms with Crippen LogP contribution in [0.4, 0.5) is 0 Å². The molecule has 0 bridgehead atoms. The van der Waals surface area contributed by atoms with Crippen molar-refractivity contribution in [3.63, 3.8) is 0 Å². The van der Waals surface area contributed by atoms with Crippen molar-refractivity contribution in [1.82, 2.24) is 0 Å². The average molecular weight is 421 g/mol. The van der Waals surface area contributed by atoms with E-state index in [1.807, 2.05) is 56.5 Å². The van der Waals surface area contributed by atoms with Gasteiger partial charge >= 0.3 is 5.97 Å². The molecule has 0 aliphatic rings. The normalized spacial score (nSPS) is 11.7. The summed E-state index contributed by atoms with van der Waals surface area (Å²) < 4.78 is 16.3. The van der Waals surface area contributed by atoms with Gasteiger partial charge in [0.1, 0.15) is 16.7 Å². The molecule has 0 amide bonds. The Morgan fingerprint density at radius 1 is 1.00 bits per heavy atom. The zero-order valence-corrected chi connectivity index (χ0v) is 18.3. The van der Waals surface area contributed by atoms with Crippen molar-refractivity contribution in [1.29, 1.82) is 0 Å². The van der Waals surface area contributed by atoms with Crippen molar-refractivity contribution in [3.05, 3.63) is 54.1 Å². The van der Waals surface area contributed by atoms with Crippen LogP contribution in [0, 0.1) is 0 Å². The van der Waals surface area contributed by atoms with E-state index in [0.717, 1.165) is 35.7 Å². The molecule has 0 aromatic heterocycles. The van der Waals surface area contributed by atoms with Crippen LogP contribution in [0.2, 0.25) is 0 Å². The fourth-order valence-electron chi connectivity index (χ4n) is 2.59. The Hall–Kier alpha value is -1.79. The third-order valence-electron chi connectivity index (χ3n) is 4.00. The van der Waals surface area contributed by atoms with Gasteiger partial charge in [-0.3, -0.25) is 4.79 Å². The van der Waals surface area contributed by atoms with E-state index in [4.69, 9.17) is 13.7 Å². The molecule has 28 heavy (non-hydrogen) atoms. The molecule has 0 spiro atoms. The molecule has 0 heterocycles. The second kappa shape index (κ2) is 12.6. The average Bonchev–Trinajstić information content (AvgIpc) is 2.72. The standard InChI is InChI=1S/C22H28O4S2/c1-4-21(22(23)24-5-2)28-20-14-12-18(13-15-20)25-16-6-7-17-8-10-19(11-9-17)26-27-3/h8-15,21H,4-7,16H2,1-3H3. The molecule has 0 radical (unpaired) electrons. The van der Waals surface area contributed by atoms with Crippen LogP contribution in [0.3, 0.4) is 0 Å². The van der Waals surface area contributed by atoms with Gasteiger partial charge in [-0.25, -0.2) is 0 Å². The number of aryl methyl sites for hydroxylation is 1. The van der Waals surface area contributed by atoms with Crippen LogP contribution in [0.1, 0.15) is 32.3 Å². The minimum atomic E-state index is -0.167. The van der Waals surface area contributed by atoms with Crippen LogP contribution < -0.4 is 8.92 Å². The molecule has 6 heteroatoms. The van der Waals surface area contributed by atoms with E-state index in [0.29, 0.717) is 13.2 Å². The third-order valence-corrected chi connectivity index (χ3v) is 5.72. The van der Waals surface area contributed by atoms with E-state index >= 15 is 0 Å². The minimum Gasteiger partial charge on any atom is -0.494 e. The number of thioether (sulfide) groups is 1. The monoisotopic (exact) mass is 420 g/mol. The van der Waals surface area contributed by atoms with Crippen molar-refractivity contribution >= 4 is 29.8 Å². The first-order valence-corrected chi connectivity index (χ1v) is 11.5. The lowest BCUT2D eigenvalue weighted by Crippen LogP contribution is -2.19. The molecule has 0 aliphatic carbocycles. The number of carbonyl (C=O) groups excluding carboxylic acids is 1. The molecule has 2 aromatic rings. The van der Waals surface area contributed by atoms with Crippen LogP contribution in [-0.2, 0) is 16.0 Å². The summed E-state index contributed by atoms with van der Waals surface area (Å²) in [4.78, 5) is 13.0. The number of ether oxygens (including phenoxy) is 2. The molecule has 0 saturated heterocycles. The zero-order chi connectivity index (χ0) is 20.2. The lowest BCUT2D eigenvalue weighted by atomic mass is 10.1. The summed E-state index contributed by atoms with van der Waals surface area (Å²) in [5.74, 6) is 1.57. The van der Waals surface area contributed by atoms with Crippen LogP contribution >= 0.6 is 23.8 Å². The minimum absolute atomic E-state index is 0.150. The molecule has 4 nitrogen and oxygen atoms in total. The smallest absolute Gasteiger partial charge is 0.319 e. The van der Waals surface area contributed by atoms with E-state index in [2.05, 4.69) is 12.1 Å². The van der Waals surface area contributed by atoms with Crippen molar-refractivity contribution in [2.75, 3.05) is 19.5 Å². The Labute approximate surface area is 176 Å². The van der Waals surface area contributed by atoms with Gasteiger partial charge in [-0.1, -0.05) is 19.1 Å². The highest BCUT2D eigenvalue weighted by Crippen LogP contribution is 2.28. The highest BCUT2D eigenvalue weighted by Gasteiger charge is 2.18. The number of benzene rings is 2. The number of hydrogen-bond acceptors (Lipinski definition) is 6. The van der Waals surface area contributed by atoms with Gasteiger partial charge in [-0.2, -0.15) is 0 Å². The molecule has 2 aromatic carbocycles. The highest BCUT2D eigenvalue weighted by molar-refractivity contribution is 8.00. The Morgan fingerprint density at radius 3 is 2.29 bits per heavy atom. The Morgan fingerprint density at radius 2 is 1.68 bits per heavy atom. The van der Waals surface area contributed by atoms with Crippen molar-refractivity contribution < 1.29 is 18.5 Å². The molecular weight excluding hydrogens is 392 g/mol. The zero-order valence-electron chi connectivity index (χ0n) is 16.7. The molecule has 152 valence electrons. The number of rotatable bonds is 12. The van der Waals surface area contributed by atoms with Gasteiger partial charge in [0.25, 0.3) is 0 Å². The van der Waals surface area contributed by atoms with E-state index in [1.165, 1.54) is 29.4 Å². The number of hydrogen-bond donors (Lipinski definition) is 0. The largest absolute Gasteiger partial charge is 0.494 e. The maximum absolute atomic E-state index is 11.9. The van der Waals surface area contributed by atoms with E-state index < -0.39 is 0 Å². The predicted octanol–water partition coefficient (Wildman–Crippen LogP) is 5.79. The highest BCUT2D eigenvalue weighted by atomic mass is 32.2. The van der Waals surface area contributed by atoms with Crippen molar-refractivity contribution in [2.45, 2.75) is 43.3 Å². The summed E-state index contributed by atoms with van der Waals surface area (Å²) in [5, 5.41) is -0.167. The van der Waals surface area contributed by atoms with Gasteiger partial charge in [0.15, 0.2) is 0 Å². The van der Waals surface area contributed by atoms with Gasteiger partial charge in [0.2, 0.25) is 0 Å². The lowest BCUT2D eigenvalue weighted by molar-refractivity contribution is -0.142. The van der Waals surface area contributed by atoms with Crippen LogP contribution in [-0.4, -0.2) is 30.7 Å². The summed E-state index contributed by atoms with van der Waals surface area (Å²) in [6.45, 7) is 4.90. The fraction of sp³-hybridized carbons (Fsp3) is 0.409. The van der Waals surface area contributed by atoms with Gasteiger partial charge in [0.05, 0.1) is 25.3 Å². The maximum atomic E-state index is 11.9. The summed E-state index contributed by atoms with van der Waals surface area (Å²) in [5.41, 5.74) is 1.27. The molecule has 0 fully saturated rings. The Kier molecular flexibility index (Phi) is 10.1. The molecule has 0 saturated carbocycles. The number of carbonyl (C=O) groups is 1. The Balaban J connectivity index is 1.74. The molecule has 1 unspecified atom stereocenters. The topological polar surface area (TPSA) is 44.8 Å². The van der Waals surface area contributed by atoms with Gasteiger partial charge < -0.3 is 13.7 Å². The first-order valence-electron chi connectivity index (χ1n) is 9.52. The van der Waals surface area contributed by atoms with Crippen LogP contribution in [0.15, 0.2) is 53.4 Å². The second-order valence-corrected chi connectivity index (χ2v) is 7.86. The second-order valence-electron chi connectivity index (χ2n) is 6.08. The van der Waals surface area contributed by atoms with Gasteiger partial charge in [-0.15, -0.1) is 11.8 Å². The third kappa shape index (κ3) is 7.68. The molecule has 0 aliphatic heterocycles. The van der Waals surface area contributed by atoms with Crippen molar-refractivity contribution in [3.8, 4) is 11.5 Å². The first kappa shape index (κ1) is 22.5. The molecule has 1 atom stereocenters. The maximum Gasteiger partial charge on any atom is 0.319 e. The lowest BCUT2D eigenvalue weighted by Gasteiger charge is -2.13. The van der Waals surface area contributed by atoms with Crippen LogP contribution in [0.25, 0.3) is 0 Å². The molecule has 0 N–H and O–H groups in total. The summed E-state index contributed by atoms with van der Waals surface area (Å²) in [7, 11) is 0. The summed E-state index contributed by atoms with van der Waals surface area (Å²) in [6.07, 6.45) is 4.55. The summed E-state index contributed by atoms with van der Waals surface area (Å²) in [6, 6.07) is 16.0.